The fraction of sp³-hybridized carbons (Fsp3) is 0.278. The van der Waals surface area contributed by atoms with E-state index in [9.17, 15) is 14.4 Å². The predicted octanol–water partition coefficient (Wildman–Crippen LogP) is 4.58. The Kier molecular flexibility index (Phi) is 7.68. The molecule has 7 nitrogen and oxygen atoms in total. The summed E-state index contributed by atoms with van der Waals surface area (Å²) in [5.41, 5.74) is 0.859. The number of hydrogen-bond donors (Lipinski definition) is 2. The molecule has 0 aliphatic rings. The van der Waals surface area contributed by atoms with E-state index >= 15 is 0 Å². The van der Waals surface area contributed by atoms with Gasteiger partial charge in [0.2, 0.25) is 0 Å². The molecular weight excluding hydrogens is 427 g/mol. The number of carbonyl (C=O) groups is 3. The molecule has 0 spiro atoms. The Morgan fingerprint density at radius 2 is 1.89 bits per heavy atom. The Balaban J connectivity index is 2.08. The number of alkyl carbamates (subject to hydrolysis) is 1. The molecule has 0 bridgehead atoms. The maximum Gasteiger partial charge on any atom is 0.414 e. The normalized spacial score (nSPS) is 10.3. The summed E-state index contributed by atoms with van der Waals surface area (Å²) in [5, 5.41) is 5.80. The lowest BCUT2D eigenvalue weighted by Crippen LogP contribution is -2.32. The van der Waals surface area contributed by atoms with E-state index in [1.54, 1.807) is 32.9 Å². The zero-order valence-corrected chi connectivity index (χ0v) is 17.7. The maximum absolute atomic E-state index is 12.4. The maximum atomic E-state index is 12.4. The second-order valence-corrected chi connectivity index (χ2v) is 7.64. The molecule has 1 aromatic carbocycles. The van der Waals surface area contributed by atoms with Crippen molar-refractivity contribution in [2.75, 3.05) is 18.5 Å². The zero-order chi connectivity index (χ0) is 20.8. The van der Waals surface area contributed by atoms with Crippen LogP contribution in [0, 0.1) is 13.8 Å². The van der Waals surface area contributed by atoms with Crippen LogP contribution >= 0.6 is 34.5 Å². The van der Waals surface area contributed by atoms with E-state index in [0.717, 1.165) is 4.88 Å². The summed E-state index contributed by atoms with van der Waals surface area (Å²) >= 11 is 13.0. The number of anilines is 1. The first-order chi connectivity index (χ1) is 13.2. The molecule has 3 amide bonds. The second-order valence-electron chi connectivity index (χ2n) is 5.57. The van der Waals surface area contributed by atoms with Crippen LogP contribution in [-0.2, 0) is 9.53 Å². The van der Waals surface area contributed by atoms with E-state index in [4.69, 9.17) is 32.7 Å². The van der Waals surface area contributed by atoms with Crippen molar-refractivity contribution < 1.29 is 23.9 Å². The highest BCUT2D eigenvalue weighted by atomic mass is 35.5. The minimum absolute atomic E-state index is 0.134. The SMILES string of the molecule is CCOC(=O)NC(=O)c1c(NC(=O)COc2ccc(Cl)cc2Cl)sc(C)c1C. The fourth-order valence-electron chi connectivity index (χ4n) is 2.21. The number of benzene rings is 1. The average molecular weight is 445 g/mol. The Labute approximate surface area is 175 Å². The lowest BCUT2D eigenvalue weighted by Gasteiger charge is -2.10. The molecule has 2 N–H and O–H groups in total. The van der Waals surface area contributed by atoms with Crippen molar-refractivity contribution >= 4 is 57.4 Å². The van der Waals surface area contributed by atoms with E-state index < -0.39 is 17.9 Å². The summed E-state index contributed by atoms with van der Waals surface area (Å²) < 4.78 is 10.1. The standard InChI is InChI=1S/C18H18Cl2N2O5S/c1-4-26-18(25)22-16(24)15-9(2)10(3)28-17(15)21-14(23)8-27-13-6-5-11(19)7-12(13)20/h5-7H,4,8H2,1-3H3,(H,21,23)(H,22,24,25). The fourth-order valence-corrected chi connectivity index (χ4v) is 3.75. The number of nitrogens with one attached hydrogen (secondary N) is 2. The molecule has 0 aliphatic heterocycles. The van der Waals surface area contributed by atoms with Gasteiger partial charge in [-0.1, -0.05) is 23.2 Å². The lowest BCUT2D eigenvalue weighted by molar-refractivity contribution is -0.118. The highest BCUT2D eigenvalue weighted by Crippen LogP contribution is 2.32. The first-order valence-corrected chi connectivity index (χ1v) is 9.76. The third-order valence-electron chi connectivity index (χ3n) is 3.61. The van der Waals surface area contributed by atoms with Gasteiger partial charge >= 0.3 is 6.09 Å². The number of carbonyl (C=O) groups excluding carboxylic acids is 3. The number of amides is 3. The third kappa shape index (κ3) is 5.60. The first kappa shape index (κ1) is 22.0. The van der Waals surface area contributed by atoms with Crippen LogP contribution in [-0.4, -0.2) is 31.1 Å². The van der Waals surface area contributed by atoms with Crippen LogP contribution in [0.4, 0.5) is 9.80 Å². The smallest absolute Gasteiger partial charge is 0.414 e. The van der Waals surface area contributed by atoms with Crippen molar-refractivity contribution in [1.82, 2.24) is 5.32 Å². The van der Waals surface area contributed by atoms with Gasteiger partial charge in [-0.2, -0.15) is 0 Å². The van der Waals surface area contributed by atoms with Crippen molar-refractivity contribution in [1.29, 1.82) is 0 Å². The molecule has 2 rings (SSSR count). The highest BCUT2D eigenvalue weighted by molar-refractivity contribution is 7.16. The van der Waals surface area contributed by atoms with Crippen LogP contribution in [0.2, 0.25) is 10.0 Å². The van der Waals surface area contributed by atoms with Crippen molar-refractivity contribution in [2.45, 2.75) is 20.8 Å². The van der Waals surface area contributed by atoms with Gasteiger partial charge in [-0.15, -0.1) is 11.3 Å². The Morgan fingerprint density at radius 3 is 2.54 bits per heavy atom. The third-order valence-corrected chi connectivity index (χ3v) is 5.26. The van der Waals surface area contributed by atoms with E-state index in [1.807, 2.05) is 0 Å². The van der Waals surface area contributed by atoms with Gasteiger partial charge in [0.05, 0.1) is 17.2 Å². The number of hydrogen-bond acceptors (Lipinski definition) is 6. The molecule has 2 aromatic rings. The number of rotatable bonds is 6. The lowest BCUT2D eigenvalue weighted by atomic mass is 10.1. The van der Waals surface area contributed by atoms with Crippen molar-refractivity contribution in [3.8, 4) is 5.75 Å². The minimum Gasteiger partial charge on any atom is -0.482 e. The van der Waals surface area contributed by atoms with Gasteiger partial charge in [0.25, 0.3) is 11.8 Å². The molecule has 0 fully saturated rings. The summed E-state index contributed by atoms with van der Waals surface area (Å²) in [6.45, 7) is 4.97. The summed E-state index contributed by atoms with van der Waals surface area (Å²) in [6, 6.07) is 4.64. The average Bonchev–Trinajstić information content (AvgIpc) is 2.88. The van der Waals surface area contributed by atoms with Gasteiger partial charge in [0.15, 0.2) is 6.61 Å². The van der Waals surface area contributed by atoms with Gasteiger partial charge in [0.1, 0.15) is 10.8 Å². The first-order valence-electron chi connectivity index (χ1n) is 8.18. The van der Waals surface area contributed by atoms with E-state index in [2.05, 4.69) is 10.6 Å². The van der Waals surface area contributed by atoms with Gasteiger partial charge < -0.3 is 14.8 Å². The Morgan fingerprint density at radius 1 is 1.18 bits per heavy atom. The van der Waals surface area contributed by atoms with Crippen LogP contribution in [0.1, 0.15) is 27.7 Å². The van der Waals surface area contributed by atoms with Crippen molar-refractivity contribution in [3.05, 3.63) is 44.2 Å². The van der Waals surface area contributed by atoms with Gasteiger partial charge in [-0.05, 0) is 44.5 Å². The van der Waals surface area contributed by atoms with E-state index in [-0.39, 0.29) is 23.8 Å². The van der Waals surface area contributed by atoms with Gasteiger partial charge in [-0.3, -0.25) is 14.9 Å². The Hall–Kier alpha value is -2.29. The number of aryl methyl sites for hydroxylation is 1. The predicted molar refractivity (Wildman–Crippen MR) is 109 cm³/mol. The summed E-state index contributed by atoms with van der Waals surface area (Å²) in [7, 11) is 0. The van der Waals surface area contributed by atoms with Crippen molar-refractivity contribution in [2.24, 2.45) is 0 Å². The van der Waals surface area contributed by atoms with Gasteiger partial charge in [0, 0.05) is 9.90 Å². The molecular formula is C18H18Cl2N2O5S. The zero-order valence-electron chi connectivity index (χ0n) is 15.4. The molecule has 10 heteroatoms. The summed E-state index contributed by atoms with van der Waals surface area (Å²) in [6.07, 6.45) is -0.853. The van der Waals surface area contributed by atoms with Crippen LogP contribution in [0.25, 0.3) is 0 Å². The number of imide groups is 1. The number of ether oxygens (including phenoxy) is 2. The number of halogens is 2. The van der Waals surface area contributed by atoms with Crippen LogP contribution in [0.5, 0.6) is 5.75 Å². The monoisotopic (exact) mass is 444 g/mol. The molecule has 0 unspecified atom stereocenters. The van der Waals surface area contributed by atoms with Crippen LogP contribution in [0.15, 0.2) is 18.2 Å². The number of thiophene rings is 1. The largest absolute Gasteiger partial charge is 0.482 e. The molecule has 0 radical (unpaired) electrons. The Bertz CT molecular complexity index is 914. The van der Waals surface area contributed by atoms with Crippen molar-refractivity contribution in [3.63, 3.8) is 0 Å². The highest BCUT2D eigenvalue weighted by Gasteiger charge is 2.23. The molecule has 150 valence electrons. The molecule has 0 saturated heterocycles. The summed E-state index contributed by atoms with van der Waals surface area (Å²) in [5.74, 6) is -0.838. The molecule has 1 aromatic heterocycles. The molecule has 0 aliphatic carbocycles. The topological polar surface area (TPSA) is 93.7 Å². The molecule has 28 heavy (non-hydrogen) atoms. The molecule has 1 heterocycles. The van der Waals surface area contributed by atoms with Crippen LogP contribution < -0.4 is 15.4 Å². The van der Waals surface area contributed by atoms with Gasteiger partial charge in [-0.25, -0.2) is 4.79 Å². The molecule has 0 saturated carbocycles. The van der Waals surface area contributed by atoms with E-state index in [0.29, 0.717) is 21.3 Å². The van der Waals surface area contributed by atoms with E-state index in [1.165, 1.54) is 17.4 Å². The second kappa shape index (κ2) is 9.77. The minimum atomic E-state index is -0.853. The molecule has 0 atom stereocenters. The quantitative estimate of drug-likeness (QED) is 0.679. The van der Waals surface area contributed by atoms with Crippen LogP contribution in [0.3, 0.4) is 0 Å². The summed E-state index contributed by atoms with van der Waals surface area (Å²) in [4.78, 5) is 37.0.